The molecule has 0 bridgehead atoms. The zero-order valence-corrected chi connectivity index (χ0v) is 35.5. The summed E-state index contributed by atoms with van der Waals surface area (Å²) >= 11 is 0. The first kappa shape index (κ1) is 48.9. The fourth-order valence-electron chi connectivity index (χ4n) is 6.38. The van der Waals surface area contributed by atoms with E-state index in [2.05, 4.69) is 87.7 Å². The Morgan fingerprint density at radius 3 is 1.16 bits per heavy atom. The van der Waals surface area contributed by atoms with Gasteiger partial charge in [-0.3, -0.25) is 0 Å². The summed E-state index contributed by atoms with van der Waals surface area (Å²) in [6, 6.07) is 14.2. The van der Waals surface area contributed by atoms with Crippen molar-refractivity contribution in [2.75, 3.05) is 26.2 Å². The van der Waals surface area contributed by atoms with E-state index in [1.165, 1.54) is 108 Å². The minimum atomic E-state index is 0. The molecule has 0 amide bonds. The Bertz CT molecular complexity index is 1200. The van der Waals surface area contributed by atoms with Gasteiger partial charge in [0.25, 0.3) is 0 Å². The Labute approximate surface area is 326 Å². The molecule has 2 aromatic rings. The van der Waals surface area contributed by atoms with Gasteiger partial charge in [0.05, 0.1) is 0 Å². The Balaban J connectivity index is 0.00000200. The van der Waals surface area contributed by atoms with E-state index in [1.807, 2.05) is 27.7 Å². The van der Waals surface area contributed by atoms with Gasteiger partial charge >= 0.3 is 16.5 Å². The van der Waals surface area contributed by atoms with Crippen molar-refractivity contribution in [1.82, 2.24) is 0 Å². The van der Waals surface area contributed by atoms with Crippen LogP contribution in [0, 0.1) is 0 Å². The third-order valence-electron chi connectivity index (χ3n) is 9.20. The molecule has 290 valence electrons. The molecule has 4 nitrogen and oxygen atoms in total. The van der Waals surface area contributed by atoms with Crippen LogP contribution in [0.5, 0.6) is 0 Å². The van der Waals surface area contributed by atoms with Crippen LogP contribution in [0.1, 0.15) is 179 Å². The topological polar surface area (TPSA) is 53.5 Å². The summed E-state index contributed by atoms with van der Waals surface area (Å²) in [4.78, 5) is 0. The molecule has 0 unspecified atom stereocenters. The van der Waals surface area contributed by atoms with E-state index in [1.54, 1.807) is 0 Å². The molecule has 0 saturated carbocycles. The van der Waals surface area contributed by atoms with E-state index in [0.717, 1.165) is 82.5 Å². The van der Waals surface area contributed by atoms with E-state index in [0.29, 0.717) is 0 Å². The second-order valence-electron chi connectivity index (χ2n) is 13.7. The summed E-state index contributed by atoms with van der Waals surface area (Å²) < 4.78 is 1.54. The van der Waals surface area contributed by atoms with Crippen LogP contribution < -0.4 is 0 Å². The average molecular weight is 744 g/mol. The molecule has 1 aliphatic heterocycles. The minimum Gasteiger partial charge on any atom is -0.663 e. The summed E-state index contributed by atoms with van der Waals surface area (Å²) in [5.74, 6) is 0. The third-order valence-corrected chi connectivity index (χ3v) is 9.20. The van der Waals surface area contributed by atoms with Crippen molar-refractivity contribution < 1.29 is 21.2 Å². The van der Waals surface area contributed by atoms with Crippen LogP contribution in [-0.2, 0) is 42.2 Å². The maximum absolute atomic E-state index is 11.9. The monoisotopic (exact) mass is 743 g/mol. The first-order chi connectivity index (χ1) is 24.4. The number of unbranched alkanes of at least 4 members (excludes halogenated alkanes) is 7. The Morgan fingerprint density at radius 2 is 0.804 bits per heavy atom. The van der Waals surface area contributed by atoms with Crippen LogP contribution >= 0.6 is 0 Å². The van der Waals surface area contributed by atoms with Crippen LogP contribution in [0.2, 0.25) is 0 Å². The molecular formula is C46H76N4Ni. The molecule has 0 aromatic heterocycles. The van der Waals surface area contributed by atoms with Gasteiger partial charge in [-0.25, -0.2) is 4.70 Å². The molecule has 51 heavy (non-hydrogen) atoms. The standard InChI is InChI=1S/C38H56N2.2C4H10N.Ni/c1-6-11-16-20-32-24-33(21-17-12-7-2)26-35(25-32)37-29-34(22-15-10-5)38(40(37)39)36-27-30(18-13-8-3)23-31(28-36)19-14-9-4;2*1-3-5-4-2;/h23-29H,6-22H2,1-5H3;2*3-4H2,1-2H3;/q;2*-1;+2. The summed E-state index contributed by atoms with van der Waals surface area (Å²) in [7, 11) is 0. The second-order valence-corrected chi connectivity index (χ2v) is 13.7. The third kappa shape index (κ3) is 19.5. The quantitative estimate of drug-likeness (QED) is 0.0618. The average Bonchev–Trinajstić information content (AvgIpc) is 3.45. The first-order valence-electron chi connectivity index (χ1n) is 20.8. The van der Waals surface area contributed by atoms with Gasteiger partial charge in [0.2, 0.25) is 11.4 Å². The minimum absolute atomic E-state index is 0. The van der Waals surface area contributed by atoms with Crippen LogP contribution in [-0.4, -0.2) is 30.9 Å². The fraction of sp³-hybridized carbons (Fsp3) is 0.652. The predicted molar refractivity (Wildman–Crippen MR) is 223 cm³/mol. The van der Waals surface area contributed by atoms with Gasteiger partial charge in [-0.2, -0.15) is 26.2 Å². The van der Waals surface area contributed by atoms with Gasteiger partial charge in [0.15, 0.2) is 0 Å². The summed E-state index contributed by atoms with van der Waals surface area (Å²) in [6.07, 6.45) is 22.3. The van der Waals surface area contributed by atoms with E-state index < -0.39 is 0 Å². The van der Waals surface area contributed by atoms with Gasteiger partial charge in [-0.05, 0) is 111 Å². The van der Waals surface area contributed by atoms with E-state index in [4.69, 9.17) is 0 Å². The zero-order valence-electron chi connectivity index (χ0n) is 34.5. The number of benzene rings is 2. The molecule has 1 aliphatic rings. The van der Waals surface area contributed by atoms with E-state index in [9.17, 15) is 5.53 Å². The van der Waals surface area contributed by atoms with Gasteiger partial charge < -0.3 is 16.2 Å². The number of hydrogen-bond donors (Lipinski definition) is 0. The van der Waals surface area contributed by atoms with Crippen molar-refractivity contribution in [1.29, 1.82) is 0 Å². The fourth-order valence-corrected chi connectivity index (χ4v) is 6.38. The molecule has 5 heteroatoms. The summed E-state index contributed by atoms with van der Waals surface area (Å²) in [5.41, 5.74) is 23.1. The first-order valence-corrected chi connectivity index (χ1v) is 20.8. The Kier molecular flexibility index (Phi) is 30.2. The van der Waals surface area contributed by atoms with E-state index >= 15 is 0 Å². The smallest absolute Gasteiger partial charge is 0.663 e. The van der Waals surface area contributed by atoms with Crippen LogP contribution in [0.3, 0.4) is 0 Å². The van der Waals surface area contributed by atoms with Crippen molar-refractivity contribution in [3.8, 4) is 0 Å². The number of aryl methyl sites for hydroxylation is 4. The van der Waals surface area contributed by atoms with Crippen molar-refractivity contribution in [3.05, 3.63) is 97.6 Å². The molecule has 0 radical (unpaired) electrons. The van der Waals surface area contributed by atoms with Gasteiger partial charge in [-0.1, -0.05) is 119 Å². The molecule has 1 heterocycles. The van der Waals surface area contributed by atoms with E-state index in [-0.39, 0.29) is 16.5 Å². The van der Waals surface area contributed by atoms with Crippen molar-refractivity contribution in [2.45, 2.75) is 171 Å². The molecule has 0 atom stereocenters. The van der Waals surface area contributed by atoms with Crippen molar-refractivity contribution >= 4 is 11.4 Å². The maximum Gasteiger partial charge on any atom is 2.00 e. The van der Waals surface area contributed by atoms with Crippen LogP contribution in [0.15, 0.2) is 48.0 Å². The van der Waals surface area contributed by atoms with Gasteiger partial charge in [0.1, 0.15) is 0 Å². The number of nitrogens with zero attached hydrogens (tertiary/aromatic N) is 4. The van der Waals surface area contributed by atoms with Crippen LogP contribution in [0.4, 0.5) is 0 Å². The van der Waals surface area contributed by atoms with Crippen molar-refractivity contribution in [2.24, 2.45) is 0 Å². The zero-order chi connectivity index (χ0) is 37.0. The SMILES string of the molecule is CCCCCc1cc(CCCCC)cc(C2=CC(CCCC)=C(c3cc(CCCC)cc(CCCC)c3)[N+]2=[N-])c1.CC[N-]CC.CC[N-]CC.[Ni+2]. The molecule has 0 aliphatic carbocycles. The number of rotatable bonds is 23. The maximum atomic E-state index is 11.9. The largest absolute Gasteiger partial charge is 2.00 e. The van der Waals surface area contributed by atoms with Gasteiger partial charge in [-0.15, -0.1) is 0 Å². The number of allylic oxidation sites excluding steroid dienone is 2. The normalized spacial score (nSPS) is 12.2. The Morgan fingerprint density at radius 1 is 0.451 bits per heavy atom. The summed E-state index contributed by atoms with van der Waals surface area (Å²) in [5, 5.41) is 7.94. The molecule has 3 rings (SSSR count). The molecule has 0 fully saturated rings. The predicted octanol–water partition coefficient (Wildman–Crippen LogP) is 14.6. The number of hydrogen-bond acceptors (Lipinski definition) is 0. The summed E-state index contributed by atoms with van der Waals surface area (Å²) in [6.45, 7) is 23.4. The second kappa shape index (κ2) is 31.5. The molecule has 2 aromatic carbocycles. The molecule has 0 N–H and O–H groups in total. The van der Waals surface area contributed by atoms with Gasteiger partial charge in [0, 0.05) is 22.8 Å². The van der Waals surface area contributed by atoms with Crippen molar-refractivity contribution in [3.63, 3.8) is 0 Å². The molecular weight excluding hydrogens is 667 g/mol. The Hall–Kier alpha value is -2.07. The molecule has 0 spiro atoms. The van der Waals surface area contributed by atoms with Crippen LogP contribution in [0.25, 0.3) is 27.6 Å². The molecule has 0 saturated heterocycles.